The number of hydrogen-bond acceptors (Lipinski definition) is 7. The summed E-state index contributed by atoms with van der Waals surface area (Å²) in [5.41, 5.74) is 6.45. The highest BCUT2D eigenvalue weighted by molar-refractivity contribution is 9.10. The predicted molar refractivity (Wildman–Crippen MR) is 90.3 cm³/mol. The molecule has 0 aliphatic heterocycles. The molecule has 0 radical (unpaired) electrons. The van der Waals surface area contributed by atoms with E-state index in [1.54, 1.807) is 24.4 Å². The summed E-state index contributed by atoms with van der Waals surface area (Å²) in [6, 6.07) is 10.5. The van der Waals surface area contributed by atoms with Gasteiger partial charge < -0.3 is 15.6 Å². The van der Waals surface area contributed by atoms with Crippen LogP contribution in [-0.4, -0.2) is 42.9 Å². The van der Waals surface area contributed by atoms with Crippen LogP contribution in [0.4, 0.5) is 0 Å². The number of aliphatic hydroxyl groups is 1. The summed E-state index contributed by atoms with van der Waals surface area (Å²) in [5, 5.41) is 21.1. The molecule has 0 saturated carbocycles. The number of benzene rings is 1. The van der Waals surface area contributed by atoms with Gasteiger partial charge in [0.2, 0.25) is 11.7 Å². The number of pyridine rings is 1. The van der Waals surface area contributed by atoms with E-state index in [0.29, 0.717) is 24.0 Å². The number of nitrogens with two attached hydrogens (primary N) is 1. The average Bonchev–Trinajstić information content (AvgIpc) is 3.06. The van der Waals surface area contributed by atoms with Crippen LogP contribution in [0.5, 0.6) is 11.6 Å². The molecule has 3 aromatic rings. The number of aromatic nitrogens is 5. The Balaban J connectivity index is 1.69. The van der Waals surface area contributed by atoms with Gasteiger partial charge in [0, 0.05) is 28.3 Å². The van der Waals surface area contributed by atoms with Crippen LogP contribution in [0.25, 0.3) is 11.4 Å². The molecule has 8 nitrogen and oxygen atoms in total. The number of nitrogens with zero attached hydrogens (tertiary/aromatic N) is 5. The van der Waals surface area contributed by atoms with Gasteiger partial charge in [-0.1, -0.05) is 0 Å². The van der Waals surface area contributed by atoms with Crippen molar-refractivity contribution in [2.75, 3.05) is 6.61 Å². The SMILES string of the molecule is NC(CO)Cn1nnc(-c2ccc(Oc3ccc(Br)cn3)cc2)n1. The number of aliphatic hydroxyl groups excluding tert-OH is 1. The van der Waals surface area contributed by atoms with E-state index in [0.717, 1.165) is 10.0 Å². The molecule has 2 aromatic heterocycles. The van der Waals surface area contributed by atoms with Crippen molar-refractivity contribution in [3.05, 3.63) is 47.1 Å². The maximum atomic E-state index is 8.95. The number of tetrazole rings is 1. The summed E-state index contributed by atoms with van der Waals surface area (Å²) in [7, 11) is 0. The second kappa shape index (κ2) is 7.47. The summed E-state index contributed by atoms with van der Waals surface area (Å²) in [6.45, 7) is 0.174. The zero-order valence-electron chi connectivity index (χ0n) is 12.6. The van der Waals surface area contributed by atoms with Crippen molar-refractivity contribution in [1.29, 1.82) is 0 Å². The molecule has 1 aromatic carbocycles. The van der Waals surface area contributed by atoms with Gasteiger partial charge in [0.1, 0.15) is 5.75 Å². The lowest BCUT2D eigenvalue weighted by Crippen LogP contribution is -2.30. The maximum Gasteiger partial charge on any atom is 0.219 e. The van der Waals surface area contributed by atoms with E-state index < -0.39 is 6.04 Å². The first-order valence-corrected chi connectivity index (χ1v) is 7.97. The summed E-state index contributed by atoms with van der Waals surface area (Å²) in [6.07, 6.45) is 1.67. The second-order valence-electron chi connectivity index (χ2n) is 5.05. The van der Waals surface area contributed by atoms with E-state index in [-0.39, 0.29) is 6.61 Å². The third-order valence-corrected chi connectivity index (χ3v) is 3.59. The minimum atomic E-state index is -0.416. The van der Waals surface area contributed by atoms with Crippen LogP contribution in [0, 0.1) is 0 Å². The van der Waals surface area contributed by atoms with E-state index >= 15 is 0 Å². The molecule has 3 rings (SSSR count). The van der Waals surface area contributed by atoms with Gasteiger partial charge in [-0.25, -0.2) is 4.98 Å². The van der Waals surface area contributed by atoms with Crippen LogP contribution >= 0.6 is 15.9 Å². The first-order valence-electron chi connectivity index (χ1n) is 7.18. The van der Waals surface area contributed by atoms with Crippen molar-refractivity contribution < 1.29 is 9.84 Å². The molecular formula is C15H15BrN6O2. The van der Waals surface area contributed by atoms with E-state index in [1.807, 2.05) is 18.2 Å². The van der Waals surface area contributed by atoms with E-state index in [9.17, 15) is 0 Å². The molecule has 1 atom stereocenters. The Morgan fingerprint density at radius 2 is 2.00 bits per heavy atom. The van der Waals surface area contributed by atoms with Crippen LogP contribution in [0.3, 0.4) is 0 Å². The Morgan fingerprint density at radius 3 is 2.67 bits per heavy atom. The Morgan fingerprint density at radius 1 is 1.21 bits per heavy atom. The van der Waals surface area contributed by atoms with Crippen LogP contribution in [0.15, 0.2) is 47.1 Å². The fourth-order valence-corrected chi connectivity index (χ4v) is 2.15. The Kier molecular flexibility index (Phi) is 5.14. The molecule has 0 bridgehead atoms. The number of halogens is 1. The summed E-state index contributed by atoms with van der Waals surface area (Å²) >= 11 is 3.33. The molecule has 0 fully saturated rings. The minimum absolute atomic E-state index is 0.132. The summed E-state index contributed by atoms with van der Waals surface area (Å²) in [4.78, 5) is 5.52. The normalized spacial score (nSPS) is 12.1. The molecule has 24 heavy (non-hydrogen) atoms. The fourth-order valence-electron chi connectivity index (χ4n) is 1.92. The molecular weight excluding hydrogens is 376 g/mol. The zero-order chi connectivity index (χ0) is 16.9. The molecule has 3 N–H and O–H groups in total. The van der Waals surface area contributed by atoms with Crippen molar-refractivity contribution in [2.45, 2.75) is 12.6 Å². The average molecular weight is 391 g/mol. The quantitative estimate of drug-likeness (QED) is 0.657. The highest BCUT2D eigenvalue weighted by Crippen LogP contribution is 2.23. The molecule has 0 saturated heterocycles. The maximum absolute atomic E-state index is 8.95. The second-order valence-corrected chi connectivity index (χ2v) is 5.97. The first-order chi connectivity index (χ1) is 11.6. The van der Waals surface area contributed by atoms with Gasteiger partial charge >= 0.3 is 0 Å². The largest absolute Gasteiger partial charge is 0.439 e. The standard InChI is InChI=1S/C15H15BrN6O2/c16-11-3-6-14(18-7-11)24-13-4-1-10(2-5-13)15-19-21-22(20-15)8-12(17)9-23/h1-7,12,23H,8-9,17H2. The lowest BCUT2D eigenvalue weighted by molar-refractivity contribution is 0.245. The Hall–Kier alpha value is -2.36. The molecule has 2 heterocycles. The van der Waals surface area contributed by atoms with Crippen LogP contribution in [0.1, 0.15) is 0 Å². The van der Waals surface area contributed by atoms with E-state index in [2.05, 4.69) is 36.3 Å². The molecule has 9 heteroatoms. The van der Waals surface area contributed by atoms with Gasteiger partial charge in [-0.05, 0) is 51.5 Å². The topological polar surface area (TPSA) is 112 Å². The highest BCUT2D eigenvalue weighted by Gasteiger charge is 2.09. The molecule has 1 unspecified atom stereocenters. The lowest BCUT2D eigenvalue weighted by atomic mass is 10.2. The molecule has 0 amide bonds. The zero-order valence-corrected chi connectivity index (χ0v) is 14.2. The van der Waals surface area contributed by atoms with Crippen molar-refractivity contribution in [1.82, 2.24) is 25.2 Å². The van der Waals surface area contributed by atoms with Gasteiger partial charge in [0.25, 0.3) is 0 Å². The van der Waals surface area contributed by atoms with Crippen molar-refractivity contribution in [3.8, 4) is 23.0 Å². The van der Waals surface area contributed by atoms with Gasteiger partial charge in [0.05, 0.1) is 13.2 Å². The van der Waals surface area contributed by atoms with Crippen molar-refractivity contribution in [2.24, 2.45) is 5.73 Å². The first kappa shape index (κ1) is 16.5. The summed E-state index contributed by atoms with van der Waals surface area (Å²) in [5.74, 6) is 1.64. The van der Waals surface area contributed by atoms with Gasteiger partial charge in [0.15, 0.2) is 0 Å². The van der Waals surface area contributed by atoms with Crippen molar-refractivity contribution in [3.63, 3.8) is 0 Å². The predicted octanol–water partition coefficient (Wildman–Crippen LogP) is 1.61. The molecule has 0 aliphatic carbocycles. The van der Waals surface area contributed by atoms with Gasteiger partial charge in [-0.3, -0.25) is 0 Å². The third kappa shape index (κ3) is 4.13. The van der Waals surface area contributed by atoms with E-state index in [1.165, 1.54) is 4.80 Å². The van der Waals surface area contributed by atoms with Crippen LogP contribution < -0.4 is 10.5 Å². The highest BCUT2D eigenvalue weighted by atomic mass is 79.9. The Labute approximate surface area is 146 Å². The monoisotopic (exact) mass is 390 g/mol. The fraction of sp³-hybridized carbons (Fsp3) is 0.200. The van der Waals surface area contributed by atoms with Crippen molar-refractivity contribution >= 4 is 15.9 Å². The third-order valence-electron chi connectivity index (χ3n) is 3.12. The Bertz CT molecular complexity index is 790. The van der Waals surface area contributed by atoms with E-state index in [4.69, 9.17) is 15.6 Å². The van der Waals surface area contributed by atoms with Crippen LogP contribution in [0.2, 0.25) is 0 Å². The smallest absolute Gasteiger partial charge is 0.219 e. The number of hydrogen-bond donors (Lipinski definition) is 2. The number of ether oxygens (including phenoxy) is 1. The minimum Gasteiger partial charge on any atom is -0.439 e. The lowest BCUT2D eigenvalue weighted by Gasteiger charge is -2.05. The number of rotatable bonds is 6. The molecule has 124 valence electrons. The van der Waals surface area contributed by atoms with Gasteiger partial charge in [-0.15, -0.1) is 10.2 Å². The molecule has 0 spiro atoms. The summed E-state index contributed by atoms with van der Waals surface area (Å²) < 4.78 is 6.55. The molecule has 0 aliphatic rings. The van der Waals surface area contributed by atoms with Gasteiger partial charge in [-0.2, -0.15) is 4.80 Å². The van der Waals surface area contributed by atoms with Crippen LogP contribution in [-0.2, 0) is 6.54 Å².